The van der Waals surface area contributed by atoms with E-state index in [-0.39, 0.29) is 47.0 Å². The Labute approximate surface area is 428 Å². The minimum absolute atomic E-state index is 0. The molecule has 20 atom stereocenters. The van der Waals surface area contributed by atoms with E-state index in [1.54, 1.807) is 0 Å². The third kappa shape index (κ3) is 19.5. The Bertz CT molecular complexity index is 1650. The molecule has 0 radical (unpaired) electrons. The van der Waals surface area contributed by atoms with Crippen LogP contribution in [0.5, 0.6) is 0 Å². The molecule has 0 aromatic carbocycles. The molecule has 0 aromatic heterocycles. The van der Waals surface area contributed by atoms with Crippen molar-refractivity contribution in [2.24, 2.45) is 0 Å². The highest BCUT2D eigenvalue weighted by Crippen LogP contribution is 2.31. The van der Waals surface area contributed by atoms with E-state index < -0.39 is 187 Å². The highest BCUT2D eigenvalue weighted by molar-refractivity contribution is 5.84. The fourth-order valence-electron chi connectivity index (χ4n) is 8.00. The van der Waals surface area contributed by atoms with Gasteiger partial charge in [-0.1, -0.05) is 21.3 Å². The van der Waals surface area contributed by atoms with Gasteiger partial charge in [-0.15, -0.1) is 0 Å². The largest absolute Gasteiger partial charge is 0.394 e. The van der Waals surface area contributed by atoms with Gasteiger partial charge in [0.25, 0.3) is 0 Å². The van der Waals surface area contributed by atoms with E-state index in [4.69, 9.17) is 37.9 Å². The molecule has 0 unspecified atom stereocenters. The second kappa shape index (κ2) is 33.3. The maximum atomic E-state index is 13.2. The van der Waals surface area contributed by atoms with Gasteiger partial charge in [-0.2, -0.15) is 0 Å². The van der Waals surface area contributed by atoms with Gasteiger partial charge in [0.05, 0.1) is 58.8 Å². The fraction of sp³-hybridized carbons (Fsp3) is 0.909. The number of aliphatic hydroxyl groups is 13. The molecule has 0 aromatic rings. The van der Waals surface area contributed by atoms with Crippen LogP contribution in [0.15, 0.2) is 0 Å². The molecule has 30 heteroatoms. The van der Waals surface area contributed by atoms with Crippen molar-refractivity contribution in [2.45, 2.75) is 177 Å². The smallest absolute Gasteiger partial charge is 0.234 e. The van der Waals surface area contributed by atoms with Gasteiger partial charge in [-0.25, -0.2) is 0 Å². The van der Waals surface area contributed by atoms with Crippen molar-refractivity contribution in [3.05, 3.63) is 0 Å². The Hall–Kier alpha value is -3.00. The number of aliphatic hydroxyl groups excluding tert-OH is 13. The summed E-state index contributed by atoms with van der Waals surface area (Å²) in [6.45, 7) is -0.738. The van der Waals surface area contributed by atoms with Crippen LogP contribution in [0.25, 0.3) is 0 Å². The molecule has 434 valence electrons. The van der Waals surface area contributed by atoms with Crippen LogP contribution in [-0.2, 0) is 57.1 Å². The number of carbonyl (C=O) groups is 4. The zero-order valence-electron chi connectivity index (χ0n) is 40.0. The Morgan fingerprint density at radius 1 is 0.473 bits per heavy atom. The summed E-state index contributed by atoms with van der Waals surface area (Å²) in [5.74, 6) is -1.96. The molecule has 4 rings (SSSR count). The molecule has 0 aliphatic carbocycles. The Kier molecular flexibility index (Phi) is 30.2. The molecule has 4 saturated heterocycles. The summed E-state index contributed by atoms with van der Waals surface area (Å²) in [5.41, 5.74) is 0. The minimum atomic E-state index is -1.97. The molecule has 74 heavy (non-hydrogen) atoms. The number of carbonyl (C=O) groups excluding carboxylic acids is 4. The van der Waals surface area contributed by atoms with E-state index in [0.29, 0.717) is 32.2 Å². The first-order valence-electron chi connectivity index (χ1n) is 23.8. The van der Waals surface area contributed by atoms with Crippen LogP contribution in [0, 0.1) is 0 Å². The van der Waals surface area contributed by atoms with E-state index in [2.05, 4.69) is 21.3 Å². The van der Waals surface area contributed by atoms with Crippen molar-refractivity contribution < 1.29 is 123 Å². The third-order valence-corrected chi connectivity index (χ3v) is 12.2. The number of unbranched alkanes of at least 4 members (excludes halogenated alkanes) is 2. The van der Waals surface area contributed by atoms with Gasteiger partial charge >= 0.3 is 0 Å². The quantitative estimate of drug-likeness (QED) is 0.0324. The molecule has 0 bridgehead atoms. The molecule has 0 spiro atoms. The predicted molar refractivity (Wildman–Crippen MR) is 249 cm³/mol. The zero-order chi connectivity index (χ0) is 53.2. The van der Waals surface area contributed by atoms with Crippen molar-refractivity contribution in [1.82, 2.24) is 26.2 Å². The number of hydrogen-bond acceptors (Lipinski definition) is 26. The van der Waals surface area contributed by atoms with Crippen molar-refractivity contribution >= 4 is 23.6 Å². The first kappa shape index (κ1) is 67.1. The first-order chi connectivity index (χ1) is 34.2. The van der Waals surface area contributed by atoms with Gasteiger partial charge in [-0.05, 0) is 26.7 Å². The van der Waals surface area contributed by atoms with Gasteiger partial charge in [0, 0.05) is 32.6 Å². The van der Waals surface area contributed by atoms with Crippen LogP contribution in [-0.4, -0.2) is 297 Å². The molecular weight excluding hydrogens is 998 g/mol. The number of rotatable bonds is 28. The van der Waals surface area contributed by atoms with Crippen LogP contribution < -0.4 is 21.3 Å². The summed E-state index contributed by atoms with van der Waals surface area (Å²) in [7, 11) is 0. The number of ether oxygens (including phenoxy) is 8. The molecule has 0 saturated carbocycles. The summed E-state index contributed by atoms with van der Waals surface area (Å²) >= 11 is 0. The topological polar surface area (TPSA) is 456 Å². The second-order valence-electron chi connectivity index (χ2n) is 17.7. The lowest BCUT2D eigenvalue weighted by Gasteiger charge is -2.46. The lowest BCUT2D eigenvalue weighted by atomic mass is 9.96. The maximum absolute atomic E-state index is 13.2. The lowest BCUT2D eigenvalue weighted by Crippen LogP contribution is -2.65. The summed E-state index contributed by atoms with van der Waals surface area (Å²) in [5, 5.41) is 145. The summed E-state index contributed by atoms with van der Waals surface area (Å²) < 4.78 is 44.2. The molecular formula is C44H83N5O25. The van der Waals surface area contributed by atoms with Gasteiger partial charge in [0.15, 0.2) is 25.2 Å². The fourth-order valence-corrected chi connectivity index (χ4v) is 8.00. The molecule has 4 fully saturated rings. The molecule has 4 heterocycles. The summed E-state index contributed by atoms with van der Waals surface area (Å²) in [6, 6.07) is 0. The molecule has 4 amide bonds. The van der Waals surface area contributed by atoms with Gasteiger partial charge < -0.3 is 126 Å². The lowest BCUT2D eigenvalue weighted by molar-refractivity contribution is -0.366. The third-order valence-electron chi connectivity index (χ3n) is 12.2. The van der Waals surface area contributed by atoms with Crippen LogP contribution in [0.3, 0.4) is 0 Å². The number of hydrogen-bond donors (Lipinski definition) is 17. The van der Waals surface area contributed by atoms with Crippen LogP contribution in [0.2, 0.25) is 0 Å². The van der Waals surface area contributed by atoms with Crippen LogP contribution >= 0.6 is 0 Å². The van der Waals surface area contributed by atoms with Crippen LogP contribution in [0.4, 0.5) is 0 Å². The average Bonchev–Trinajstić information content (AvgIpc) is 3.34. The van der Waals surface area contributed by atoms with Crippen molar-refractivity contribution in [2.75, 3.05) is 78.8 Å². The van der Waals surface area contributed by atoms with E-state index in [9.17, 15) is 85.6 Å². The Morgan fingerprint density at radius 2 is 0.919 bits per heavy atom. The maximum Gasteiger partial charge on any atom is 0.234 e. The zero-order valence-corrected chi connectivity index (χ0v) is 40.0. The molecule has 17 N–H and O–H groups in total. The minimum Gasteiger partial charge on any atom is -0.394 e. The highest BCUT2D eigenvalue weighted by Gasteiger charge is 2.52. The van der Waals surface area contributed by atoms with E-state index in [1.807, 2.05) is 6.92 Å². The number of nitrogens with one attached hydrogen (secondary N) is 4. The summed E-state index contributed by atoms with van der Waals surface area (Å²) in [4.78, 5) is 52.1. The Morgan fingerprint density at radius 3 is 1.43 bits per heavy atom. The SMILES string of the molecule is C.C.CCNC(=O)CCCCCNC(=O)CN(CC(=O)NCCO[C@@H]1O[C@@H](C)[C@@H](O)[C@@H](O)[C@@H]1O)CC(=O)NCCO[C@H]1O[C@H](CO[C@H]2O[C@H](CO)[C@@H](O)[C@H](O)[C@@H]2O)[C@@H](O)[C@H](O[C@H]2O[C@H](CO)[C@@H](O)[C@H](O)[C@@H]2O)[C@@H]1O. The van der Waals surface area contributed by atoms with Crippen molar-refractivity contribution in [1.29, 1.82) is 0 Å². The van der Waals surface area contributed by atoms with Crippen molar-refractivity contribution in [3.8, 4) is 0 Å². The Balaban J connectivity index is 0.00000937. The molecule has 30 nitrogen and oxygen atoms in total. The standard InChI is InChI=1S/C42H75N5O25.2CH4/c1-3-43-23(50)7-5-4-6-8-44-24(51)13-47(14-25(52)45-9-11-65-39-34(61)31(58)27(54)19(2)68-39)15-26(53)46-10-12-66-41-37(64)38(72-42-36(63)33(60)29(56)21(17-49)70-42)30(57)22(71-41)18-67-40-35(62)32(59)28(55)20(16-48)69-40;;/h19-22,27-42,48-49,54-64H,3-18H2,1-2H3,(H,43,50)(H,44,51)(H,45,52)(H,46,53);2*1H4/t19-,20+,21+,22+,27+,28+,29+,30+,31+,32-,33-,34-,35-,36-,37-,38-,39+,40-,41-,42+;;/m0../s1. The van der Waals surface area contributed by atoms with E-state index in [1.165, 1.54) is 11.8 Å². The highest BCUT2D eigenvalue weighted by atomic mass is 16.8. The monoisotopic (exact) mass is 1080 g/mol. The van der Waals surface area contributed by atoms with Crippen molar-refractivity contribution in [3.63, 3.8) is 0 Å². The summed E-state index contributed by atoms with van der Waals surface area (Å²) in [6.07, 6.45) is -30.9. The normalized spacial score (nSPS) is 36.2. The predicted octanol–water partition coefficient (Wildman–Crippen LogP) is -9.09. The van der Waals surface area contributed by atoms with Gasteiger partial charge in [0.2, 0.25) is 23.6 Å². The number of amides is 4. The van der Waals surface area contributed by atoms with Gasteiger partial charge in [-0.3, -0.25) is 24.1 Å². The van der Waals surface area contributed by atoms with Crippen LogP contribution in [0.1, 0.15) is 54.4 Å². The van der Waals surface area contributed by atoms with Gasteiger partial charge in [0.1, 0.15) is 91.6 Å². The average molecular weight is 1080 g/mol. The second-order valence-corrected chi connectivity index (χ2v) is 17.7. The first-order valence-corrected chi connectivity index (χ1v) is 23.8. The van der Waals surface area contributed by atoms with E-state index in [0.717, 1.165) is 0 Å². The number of nitrogens with zero attached hydrogens (tertiary/aromatic N) is 1. The van der Waals surface area contributed by atoms with E-state index >= 15 is 0 Å². The molecule has 4 aliphatic heterocycles. The molecule has 4 aliphatic rings.